The summed E-state index contributed by atoms with van der Waals surface area (Å²) in [6.45, 7) is 9.98. The molecule has 0 radical (unpaired) electrons. The number of aryl methyl sites for hydroxylation is 5. The van der Waals surface area contributed by atoms with Crippen LogP contribution in [0.2, 0.25) is 0 Å². The average molecular weight is 411 g/mol. The number of amides is 2. The summed E-state index contributed by atoms with van der Waals surface area (Å²) < 4.78 is 0. The monoisotopic (exact) mass is 410 g/mol. The molecule has 4 heteroatoms. The largest absolute Gasteiger partial charge is 0.350 e. The van der Waals surface area contributed by atoms with Crippen LogP contribution in [0.5, 0.6) is 0 Å². The third-order valence-electron chi connectivity index (χ3n) is 5.67. The highest BCUT2D eigenvalue weighted by molar-refractivity contribution is 6.46. The number of anilines is 2. The van der Waals surface area contributed by atoms with Crippen molar-refractivity contribution < 1.29 is 9.59 Å². The van der Waals surface area contributed by atoms with Gasteiger partial charge in [-0.3, -0.25) is 9.59 Å². The van der Waals surface area contributed by atoms with Crippen molar-refractivity contribution in [2.24, 2.45) is 0 Å². The Kier molecular flexibility index (Phi) is 5.24. The average Bonchev–Trinajstić information content (AvgIpc) is 2.95. The summed E-state index contributed by atoms with van der Waals surface area (Å²) in [4.78, 5) is 28.4. The van der Waals surface area contributed by atoms with Crippen LogP contribution in [0.25, 0.3) is 5.57 Å². The fourth-order valence-electron chi connectivity index (χ4n) is 4.01. The van der Waals surface area contributed by atoms with E-state index in [4.69, 9.17) is 0 Å². The zero-order valence-corrected chi connectivity index (χ0v) is 18.5. The number of carbonyl (C=O) groups excluding carboxylic acids is 2. The molecule has 0 saturated carbocycles. The van der Waals surface area contributed by atoms with E-state index in [2.05, 4.69) is 11.4 Å². The van der Waals surface area contributed by atoms with E-state index in [-0.39, 0.29) is 11.8 Å². The number of rotatable bonds is 4. The standard InChI is InChI=1S/C27H26N2O2/c1-16-6-10-21(11-7-16)29-26(30)24(22-12-8-17(2)14-19(22)4)25(27(29)31)28-23-13-9-18(3)15-20(23)5/h6-15,28H,1-5H3. The summed E-state index contributed by atoms with van der Waals surface area (Å²) in [5, 5.41) is 3.29. The zero-order valence-electron chi connectivity index (χ0n) is 18.5. The fraction of sp³-hybridized carbons (Fsp3) is 0.185. The number of benzene rings is 3. The molecule has 0 unspecified atom stereocenters. The Morgan fingerprint density at radius 1 is 0.645 bits per heavy atom. The molecule has 4 nitrogen and oxygen atoms in total. The van der Waals surface area contributed by atoms with Crippen LogP contribution in [-0.4, -0.2) is 11.8 Å². The third kappa shape index (κ3) is 3.77. The van der Waals surface area contributed by atoms with Crippen molar-refractivity contribution in [3.63, 3.8) is 0 Å². The minimum absolute atomic E-state index is 0.310. The first-order valence-electron chi connectivity index (χ1n) is 10.4. The maximum absolute atomic E-state index is 13.6. The van der Waals surface area contributed by atoms with Gasteiger partial charge in [-0.15, -0.1) is 0 Å². The van der Waals surface area contributed by atoms with E-state index in [9.17, 15) is 9.59 Å². The molecule has 0 aliphatic carbocycles. The minimum atomic E-state index is -0.344. The first kappa shape index (κ1) is 20.6. The van der Waals surface area contributed by atoms with Crippen molar-refractivity contribution in [2.45, 2.75) is 34.6 Å². The molecule has 3 aromatic carbocycles. The lowest BCUT2D eigenvalue weighted by molar-refractivity contribution is -0.120. The second-order valence-corrected chi connectivity index (χ2v) is 8.29. The minimum Gasteiger partial charge on any atom is -0.350 e. The maximum atomic E-state index is 13.6. The molecule has 0 fully saturated rings. The van der Waals surface area contributed by atoms with Gasteiger partial charge in [-0.05, 0) is 69.5 Å². The quantitative estimate of drug-likeness (QED) is 0.568. The SMILES string of the molecule is Cc1ccc(N2C(=O)C(Nc3ccc(C)cc3C)=C(c3ccc(C)cc3C)C2=O)cc1. The van der Waals surface area contributed by atoms with E-state index >= 15 is 0 Å². The van der Waals surface area contributed by atoms with Crippen LogP contribution in [0.15, 0.2) is 66.4 Å². The fourth-order valence-corrected chi connectivity index (χ4v) is 4.01. The predicted molar refractivity (Wildman–Crippen MR) is 126 cm³/mol. The van der Waals surface area contributed by atoms with E-state index in [0.717, 1.165) is 39.1 Å². The van der Waals surface area contributed by atoms with E-state index in [1.165, 1.54) is 4.90 Å². The van der Waals surface area contributed by atoms with Crippen molar-refractivity contribution in [3.05, 3.63) is 99.7 Å². The lowest BCUT2D eigenvalue weighted by Crippen LogP contribution is -2.32. The number of nitrogens with zero attached hydrogens (tertiary/aromatic N) is 1. The molecule has 1 aliphatic rings. The van der Waals surface area contributed by atoms with E-state index in [0.29, 0.717) is 17.0 Å². The van der Waals surface area contributed by atoms with Crippen LogP contribution in [0.3, 0.4) is 0 Å². The predicted octanol–water partition coefficient (Wildman–Crippen LogP) is 5.63. The van der Waals surface area contributed by atoms with Crippen LogP contribution in [-0.2, 0) is 9.59 Å². The number of carbonyl (C=O) groups is 2. The van der Waals surface area contributed by atoms with Crippen molar-refractivity contribution in [1.82, 2.24) is 0 Å². The Hall–Kier alpha value is -3.66. The zero-order chi connectivity index (χ0) is 22.3. The van der Waals surface area contributed by atoms with Gasteiger partial charge < -0.3 is 5.32 Å². The number of nitrogens with one attached hydrogen (secondary N) is 1. The molecule has 0 aromatic heterocycles. The maximum Gasteiger partial charge on any atom is 0.282 e. The lowest BCUT2D eigenvalue weighted by atomic mass is 9.97. The van der Waals surface area contributed by atoms with Gasteiger partial charge in [-0.1, -0.05) is 59.2 Å². The summed E-state index contributed by atoms with van der Waals surface area (Å²) in [5.74, 6) is -0.656. The molecule has 4 rings (SSSR count). The summed E-state index contributed by atoms with van der Waals surface area (Å²) in [5.41, 5.74) is 8.16. The van der Waals surface area contributed by atoms with Gasteiger partial charge in [-0.25, -0.2) is 4.90 Å². The smallest absolute Gasteiger partial charge is 0.282 e. The van der Waals surface area contributed by atoms with Crippen molar-refractivity contribution in [3.8, 4) is 0 Å². The van der Waals surface area contributed by atoms with Gasteiger partial charge >= 0.3 is 0 Å². The first-order valence-corrected chi connectivity index (χ1v) is 10.4. The molecule has 0 atom stereocenters. The lowest BCUT2D eigenvalue weighted by Gasteiger charge is -2.16. The molecular weight excluding hydrogens is 384 g/mol. The Labute approximate surface area is 183 Å². The van der Waals surface area contributed by atoms with E-state index in [1.807, 2.05) is 89.2 Å². The van der Waals surface area contributed by atoms with Crippen molar-refractivity contribution in [2.75, 3.05) is 10.2 Å². The second-order valence-electron chi connectivity index (χ2n) is 8.29. The summed E-state index contributed by atoms with van der Waals surface area (Å²) >= 11 is 0. The van der Waals surface area contributed by atoms with Crippen LogP contribution in [0, 0.1) is 34.6 Å². The third-order valence-corrected chi connectivity index (χ3v) is 5.67. The van der Waals surface area contributed by atoms with E-state index < -0.39 is 0 Å². The van der Waals surface area contributed by atoms with Gasteiger partial charge in [0.1, 0.15) is 5.70 Å². The number of imide groups is 1. The molecule has 1 heterocycles. The molecule has 1 aliphatic heterocycles. The molecule has 31 heavy (non-hydrogen) atoms. The van der Waals surface area contributed by atoms with Gasteiger partial charge in [0.2, 0.25) is 0 Å². The highest BCUT2D eigenvalue weighted by Gasteiger charge is 2.40. The van der Waals surface area contributed by atoms with Crippen LogP contribution < -0.4 is 10.2 Å². The summed E-state index contributed by atoms with van der Waals surface area (Å²) in [7, 11) is 0. The molecule has 1 N–H and O–H groups in total. The Balaban J connectivity index is 1.87. The van der Waals surface area contributed by atoms with Gasteiger partial charge in [0.05, 0.1) is 11.3 Å². The highest BCUT2D eigenvalue weighted by atomic mass is 16.2. The first-order chi connectivity index (χ1) is 14.8. The van der Waals surface area contributed by atoms with Gasteiger partial charge in [0.15, 0.2) is 0 Å². The topological polar surface area (TPSA) is 49.4 Å². The van der Waals surface area contributed by atoms with Crippen molar-refractivity contribution in [1.29, 1.82) is 0 Å². The molecule has 0 saturated heterocycles. The molecule has 3 aromatic rings. The Morgan fingerprint density at radius 2 is 1.23 bits per heavy atom. The summed E-state index contributed by atoms with van der Waals surface area (Å²) in [6, 6.07) is 19.3. The van der Waals surface area contributed by atoms with E-state index in [1.54, 1.807) is 0 Å². The molecule has 2 amide bonds. The van der Waals surface area contributed by atoms with Gasteiger partial charge in [-0.2, -0.15) is 0 Å². The summed E-state index contributed by atoms with van der Waals surface area (Å²) in [6.07, 6.45) is 0. The Morgan fingerprint density at radius 3 is 1.84 bits per heavy atom. The highest BCUT2D eigenvalue weighted by Crippen LogP contribution is 2.35. The number of hydrogen-bond donors (Lipinski definition) is 1. The van der Waals surface area contributed by atoms with Gasteiger partial charge in [0, 0.05) is 5.69 Å². The molecule has 0 bridgehead atoms. The molecular formula is C27H26N2O2. The van der Waals surface area contributed by atoms with Crippen LogP contribution in [0.4, 0.5) is 11.4 Å². The second kappa shape index (κ2) is 7.88. The Bertz CT molecular complexity index is 1240. The molecule has 0 spiro atoms. The number of hydrogen-bond acceptors (Lipinski definition) is 3. The molecule has 156 valence electrons. The van der Waals surface area contributed by atoms with Gasteiger partial charge in [0.25, 0.3) is 11.8 Å². The normalized spacial score (nSPS) is 13.9. The van der Waals surface area contributed by atoms with Crippen LogP contribution in [0.1, 0.15) is 33.4 Å². The van der Waals surface area contributed by atoms with Crippen molar-refractivity contribution >= 4 is 28.8 Å². The van der Waals surface area contributed by atoms with Crippen LogP contribution >= 0.6 is 0 Å².